The zero-order valence-electron chi connectivity index (χ0n) is 16.8. The molecule has 0 unspecified atom stereocenters. The molecule has 160 valence electrons. The standard InChI is InChI=1S/C22H27F2IO3S/c1-11-6-13-14-8-16(23)15-7-12(26)4-5-21(15,3)22(14,24)17(27)9-20(13,2)18(11)19(28)29-10-25/h4-5,7,11,13-14,16-18,27H,6,8-10H2,1-3H3/t11-,13+,14+,16+,17+,18-,20+,21+,22+/m1/s1. The van der Waals surface area contributed by atoms with Gasteiger partial charge in [0.15, 0.2) is 16.6 Å². The Morgan fingerprint density at radius 1 is 1.34 bits per heavy atom. The van der Waals surface area contributed by atoms with E-state index in [1.807, 2.05) is 13.8 Å². The summed E-state index contributed by atoms with van der Waals surface area (Å²) in [6.07, 6.45) is 2.00. The Kier molecular flexibility index (Phi) is 5.39. The van der Waals surface area contributed by atoms with E-state index in [1.54, 1.807) is 6.92 Å². The lowest BCUT2D eigenvalue weighted by Gasteiger charge is -2.62. The van der Waals surface area contributed by atoms with Gasteiger partial charge in [0.2, 0.25) is 0 Å². The first-order valence-corrected chi connectivity index (χ1v) is 12.7. The summed E-state index contributed by atoms with van der Waals surface area (Å²) in [6.45, 7) is 5.62. The van der Waals surface area contributed by atoms with Crippen molar-refractivity contribution < 1.29 is 23.5 Å². The van der Waals surface area contributed by atoms with E-state index in [0.29, 0.717) is 10.2 Å². The molecule has 3 saturated carbocycles. The number of halogens is 3. The zero-order valence-corrected chi connectivity index (χ0v) is 19.8. The van der Waals surface area contributed by atoms with Gasteiger partial charge in [-0.1, -0.05) is 54.3 Å². The molecular weight excluding hydrogens is 509 g/mol. The number of alkyl halides is 3. The summed E-state index contributed by atoms with van der Waals surface area (Å²) in [5, 5.41) is 11.3. The van der Waals surface area contributed by atoms with E-state index in [9.17, 15) is 14.7 Å². The van der Waals surface area contributed by atoms with Crippen LogP contribution >= 0.6 is 34.4 Å². The second-order valence-corrected chi connectivity index (χ2v) is 12.5. The Morgan fingerprint density at radius 2 is 2.03 bits per heavy atom. The van der Waals surface area contributed by atoms with Crippen molar-refractivity contribution >= 4 is 45.3 Å². The quantitative estimate of drug-likeness (QED) is 0.407. The molecule has 4 aliphatic rings. The van der Waals surface area contributed by atoms with Gasteiger partial charge >= 0.3 is 0 Å². The van der Waals surface area contributed by atoms with Crippen molar-refractivity contribution in [3.8, 4) is 0 Å². The van der Waals surface area contributed by atoms with Crippen LogP contribution in [0, 0.1) is 34.5 Å². The number of carbonyl (C=O) groups excluding carboxylic acids is 2. The topological polar surface area (TPSA) is 54.4 Å². The number of allylic oxidation sites excluding steroid dienone is 4. The van der Waals surface area contributed by atoms with Gasteiger partial charge in [-0.3, -0.25) is 9.59 Å². The molecule has 0 radical (unpaired) electrons. The fraction of sp³-hybridized carbons (Fsp3) is 0.727. The van der Waals surface area contributed by atoms with Gasteiger partial charge in [-0.05, 0) is 61.2 Å². The van der Waals surface area contributed by atoms with Crippen molar-refractivity contribution in [3.05, 3.63) is 23.8 Å². The second kappa shape index (κ2) is 7.12. The molecule has 29 heavy (non-hydrogen) atoms. The van der Waals surface area contributed by atoms with Crippen molar-refractivity contribution in [3.63, 3.8) is 0 Å². The molecule has 0 aliphatic heterocycles. The highest BCUT2D eigenvalue weighted by Gasteiger charge is 2.73. The lowest BCUT2D eigenvalue weighted by atomic mass is 9.45. The zero-order chi connectivity index (χ0) is 21.4. The van der Waals surface area contributed by atoms with E-state index in [-0.39, 0.29) is 47.1 Å². The summed E-state index contributed by atoms with van der Waals surface area (Å²) >= 11 is 3.43. The van der Waals surface area contributed by atoms with E-state index in [2.05, 4.69) is 22.6 Å². The molecular formula is C22H27F2IO3S. The first kappa shape index (κ1) is 21.9. The predicted octanol–water partition coefficient (Wildman–Crippen LogP) is 4.82. The number of ketones is 1. The van der Waals surface area contributed by atoms with Crippen LogP contribution in [-0.2, 0) is 9.59 Å². The average molecular weight is 536 g/mol. The molecule has 0 aromatic carbocycles. The van der Waals surface area contributed by atoms with Gasteiger partial charge in [0.1, 0.15) is 6.17 Å². The third-order valence-corrected chi connectivity index (χ3v) is 10.0. The van der Waals surface area contributed by atoms with Crippen LogP contribution in [0.15, 0.2) is 23.8 Å². The largest absolute Gasteiger partial charge is 0.390 e. The number of rotatable bonds is 2. The number of thioether (sulfide) groups is 1. The van der Waals surface area contributed by atoms with Gasteiger partial charge in [-0.15, -0.1) is 0 Å². The lowest BCUT2D eigenvalue weighted by molar-refractivity contribution is -0.201. The number of carbonyl (C=O) groups is 2. The van der Waals surface area contributed by atoms with Crippen molar-refractivity contribution in [2.45, 2.75) is 58.0 Å². The van der Waals surface area contributed by atoms with Crippen LogP contribution in [0.2, 0.25) is 0 Å². The number of aliphatic hydroxyl groups excluding tert-OH is 1. The maximum atomic E-state index is 16.9. The molecule has 1 N–H and O–H groups in total. The molecule has 0 bridgehead atoms. The van der Waals surface area contributed by atoms with Gasteiger partial charge < -0.3 is 5.11 Å². The summed E-state index contributed by atoms with van der Waals surface area (Å²) in [7, 11) is 0. The number of aliphatic hydroxyl groups is 1. The number of hydrogen-bond acceptors (Lipinski definition) is 4. The molecule has 3 nitrogen and oxygen atoms in total. The molecule has 3 fully saturated rings. The summed E-state index contributed by atoms with van der Waals surface area (Å²) in [4.78, 5) is 24.8. The summed E-state index contributed by atoms with van der Waals surface area (Å²) < 4.78 is 32.9. The minimum absolute atomic E-state index is 0.0522. The third-order valence-electron chi connectivity index (χ3n) is 8.42. The molecule has 4 rings (SSSR count). The maximum Gasteiger partial charge on any atom is 0.193 e. The normalized spacial score (nSPS) is 51.1. The van der Waals surface area contributed by atoms with Crippen LogP contribution in [0.5, 0.6) is 0 Å². The van der Waals surface area contributed by atoms with Crippen LogP contribution in [-0.4, -0.2) is 37.7 Å². The van der Waals surface area contributed by atoms with Crippen LogP contribution in [0.3, 0.4) is 0 Å². The Labute approximate surface area is 188 Å². The summed E-state index contributed by atoms with van der Waals surface area (Å²) in [6, 6.07) is 0. The van der Waals surface area contributed by atoms with Crippen molar-refractivity contribution in [1.82, 2.24) is 0 Å². The number of hydrogen-bond donors (Lipinski definition) is 1. The molecule has 9 atom stereocenters. The summed E-state index contributed by atoms with van der Waals surface area (Å²) in [5.74, 6) is -1.42. The van der Waals surface area contributed by atoms with E-state index < -0.39 is 34.7 Å². The van der Waals surface area contributed by atoms with Gasteiger partial charge in [-0.25, -0.2) is 8.78 Å². The highest BCUT2D eigenvalue weighted by Crippen LogP contribution is 2.70. The van der Waals surface area contributed by atoms with E-state index >= 15 is 8.78 Å². The minimum atomic E-state index is -2.06. The monoisotopic (exact) mass is 536 g/mol. The molecule has 0 spiro atoms. The molecule has 0 aromatic rings. The Morgan fingerprint density at radius 3 is 2.69 bits per heavy atom. The van der Waals surface area contributed by atoms with Crippen molar-refractivity contribution in [2.24, 2.45) is 34.5 Å². The van der Waals surface area contributed by atoms with Gasteiger partial charge in [0.25, 0.3) is 0 Å². The molecule has 0 heterocycles. The lowest BCUT2D eigenvalue weighted by Crippen LogP contribution is -2.68. The molecule has 0 saturated heterocycles. The first-order valence-electron chi connectivity index (χ1n) is 10.2. The summed E-state index contributed by atoms with van der Waals surface area (Å²) in [5.41, 5.74) is -3.82. The van der Waals surface area contributed by atoms with Crippen LogP contribution in [0.4, 0.5) is 8.78 Å². The fourth-order valence-corrected chi connectivity index (χ4v) is 8.93. The predicted molar refractivity (Wildman–Crippen MR) is 118 cm³/mol. The smallest absolute Gasteiger partial charge is 0.193 e. The highest BCUT2D eigenvalue weighted by molar-refractivity contribution is 14.1. The van der Waals surface area contributed by atoms with Crippen LogP contribution in [0.25, 0.3) is 0 Å². The van der Waals surface area contributed by atoms with E-state index in [1.165, 1.54) is 30.0 Å². The molecule has 7 heteroatoms. The Bertz CT molecular complexity index is 816. The second-order valence-electron chi connectivity index (χ2n) is 9.71. The van der Waals surface area contributed by atoms with E-state index in [0.717, 1.165) is 0 Å². The fourth-order valence-electron chi connectivity index (χ4n) is 7.22. The molecule has 0 amide bonds. The minimum Gasteiger partial charge on any atom is -0.390 e. The van der Waals surface area contributed by atoms with Crippen LogP contribution < -0.4 is 0 Å². The Hall–Kier alpha value is -0.280. The van der Waals surface area contributed by atoms with Gasteiger partial charge in [0.05, 0.1) is 9.86 Å². The van der Waals surface area contributed by atoms with Gasteiger partial charge in [0, 0.05) is 17.3 Å². The third kappa shape index (κ3) is 2.81. The molecule has 4 aliphatic carbocycles. The van der Waals surface area contributed by atoms with E-state index in [4.69, 9.17) is 0 Å². The van der Waals surface area contributed by atoms with Crippen molar-refractivity contribution in [2.75, 3.05) is 3.76 Å². The highest BCUT2D eigenvalue weighted by atomic mass is 127. The van der Waals surface area contributed by atoms with Crippen molar-refractivity contribution in [1.29, 1.82) is 0 Å². The maximum absolute atomic E-state index is 16.9. The number of fused-ring (bicyclic) bond motifs is 5. The van der Waals surface area contributed by atoms with Gasteiger partial charge in [-0.2, -0.15) is 0 Å². The Balaban J connectivity index is 1.80. The first-order chi connectivity index (χ1) is 13.5. The van der Waals surface area contributed by atoms with Crippen LogP contribution in [0.1, 0.15) is 40.0 Å². The SMILES string of the molecule is C[C@@H]1C[C@H]2[C@@H]3C[C@H](F)C4=CC(=O)C=C[C@]4(C)[C@@]3(F)[C@@H](O)C[C@]2(C)[C@H]1C(=O)SCI. The molecule has 0 aromatic heterocycles. The average Bonchev–Trinajstić information content (AvgIpc) is 2.90.